The van der Waals surface area contributed by atoms with Gasteiger partial charge in [-0.25, -0.2) is 4.98 Å². The predicted molar refractivity (Wildman–Crippen MR) is 85.1 cm³/mol. The second-order valence-corrected chi connectivity index (χ2v) is 6.62. The summed E-state index contributed by atoms with van der Waals surface area (Å²) in [6, 6.07) is 5.81. The zero-order valence-corrected chi connectivity index (χ0v) is 12.8. The SMILES string of the molecule is CC(C)(C(=O)Nc1ccc2cc[nH]c2n1)C1CCCCC1. The molecule has 2 heterocycles. The molecule has 1 saturated carbocycles. The van der Waals surface area contributed by atoms with E-state index in [0.717, 1.165) is 23.9 Å². The highest BCUT2D eigenvalue weighted by Crippen LogP contribution is 2.38. The van der Waals surface area contributed by atoms with Crippen molar-refractivity contribution in [2.24, 2.45) is 11.3 Å². The van der Waals surface area contributed by atoms with Crippen LogP contribution in [-0.2, 0) is 4.79 Å². The van der Waals surface area contributed by atoms with E-state index < -0.39 is 0 Å². The largest absolute Gasteiger partial charge is 0.346 e. The molecule has 2 aromatic rings. The third kappa shape index (κ3) is 2.80. The fraction of sp³-hybridized carbons (Fsp3) is 0.529. The number of amides is 1. The minimum atomic E-state index is -0.340. The van der Waals surface area contributed by atoms with Crippen molar-refractivity contribution in [1.29, 1.82) is 0 Å². The average molecular weight is 285 g/mol. The van der Waals surface area contributed by atoms with Crippen molar-refractivity contribution < 1.29 is 4.79 Å². The minimum Gasteiger partial charge on any atom is -0.346 e. The van der Waals surface area contributed by atoms with Crippen molar-refractivity contribution in [3.05, 3.63) is 24.4 Å². The molecule has 0 aliphatic heterocycles. The average Bonchev–Trinajstić information content (AvgIpc) is 2.95. The molecule has 2 aromatic heterocycles. The number of aromatic amines is 1. The van der Waals surface area contributed by atoms with E-state index in [1.165, 1.54) is 19.3 Å². The first-order valence-electron chi connectivity index (χ1n) is 7.83. The number of anilines is 1. The molecular weight excluding hydrogens is 262 g/mol. The topological polar surface area (TPSA) is 57.8 Å². The molecule has 4 heteroatoms. The maximum atomic E-state index is 12.6. The number of carbonyl (C=O) groups is 1. The lowest BCUT2D eigenvalue weighted by atomic mass is 9.70. The molecule has 2 N–H and O–H groups in total. The second-order valence-electron chi connectivity index (χ2n) is 6.62. The molecule has 0 saturated heterocycles. The van der Waals surface area contributed by atoms with Crippen LogP contribution in [0.5, 0.6) is 0 Å². The van der Waals surface area contributed by atoms with Gasteiger partial charge in [-0.1, -0.05) is 33.1 Å². The number of nitrogens with one attached hydrogen (secondary N) is 2. The number of hydrogen-bond donors (Lipinski definition) is 2. The molecule has 0 atom stereocenters. The summed E-state index contributed by atoms with van der Waals surface area (Å²) in [5.41, 5.74) is 0.468. The van der Waals surface area contributed by atoms with E-state index in [1.54, 1.807) is 0 Å². The van der Waals surface area contributed by atoms with E-state index in [-0.39, 0.29) is 11.3 Å². The number of nitrogens with zero attached hydrogens (tertiary/aromatic N) is 1. The van der Waals surface area contributed by atoms with Gasteiger partial charge in [0.15, 0.2) is 0 Å². The summed E-state index contributed by atoms with van der Waals surface area (Å²) < 4.78 is 0. The Morgan fingerprint density at radius 2 is 2.00 bits per heavy atom. The molecule has 0 radical (unpaired) electrons. The van der Waals surface area contributed by atoms with Crippen LogP contribution >= 0.6 is 0 Å². The van der Waals surface area contributed by atoms with Gasteiger partial charge in [-0.3, -0.25) is 4.79 Å². The van der Waals surface area contributed by atoms with Crippen LogP contribution in [0.25, 0.3) is 11.0 Å². The molecule has 112 valence electrons. The van der Waals surface area contributed by atoms with Crippen LogP contribution < -0.4 is 5.32 Å². The lowest BCUT2D eigenvalue weighted by molar-refractivity contribution is -0.127. The maximum absolute atomic E-state index is 12.6. The highest BCUT2D eigenvalue weighted by molar-refractivity contribution is 5.95. The molecule has 3 rings (SSSR count). The van der Waals surface area contributed by atoms with Crippen LogP contribution in [-0.4, -0.2) is 15.9 Å². The lowest BCUT2D eigenvalue weighted by Crippen LogP contribution is -2.38. The molecule has 0 spiro atoms. The normalized spacial score (nSPS) is 17.0. The molecule has 4 nitrogen and oxygen atoms in total. The number of H-pyrrole nitrogens is 1. The van der Waals surface area contributed by atoms with Crippen LogP contribution in [0.1, 0.15) is 46.0 Å². The number of hydrogen-bond acceptors (Lipinski definition) is 2. The van der Waals surface area contributed by atoms with Gasteiger partial charge in [0.25, 0.3) is 0 Å². The highest BCUT2D eigenvalue weighted by atomic mass is 16.2. The number of pyridine rings is 1. The van der Waals surface area contributed by atoms with Crippen LogP contribution in [0.2, 0.25) is 0 Å². The van der Waals surface area contributed by atoms with Crippen molar-refractivity contribution in [2.45, 2.75) is 46.0 Å². The summed E-state index contributed by atoms with van der Waals surface area (Å²) in [5.74, 6) is 1.17. The predicted octanol–water partition coefficient (Wildman–Crippen LogP) is 4.11. The number of rotatable bonds is 3. The zero-order valence-electron chi connectivity index (χ0n) is 12.8. The monoisotopic (exact) mass is 285 g/mol. The van der Waals surface area contributed by atoms with Gasteiger partial charge in [0, 0.05) is 17.0 Å². The van der Waals surface area contributed by atoms with Gasteiger partial charge in [-0.05, 0) is 37.0 Å². The summed E-state index contributed by atoms with van der Waals surface area (Å²) in [4.78, 5) is 20.2. The van der Waals surface area contributed by atoms with Crippen molar-refractivity contribution in [2.75, 3.05) is 5.32 Å². The van der Waals surface area contributed by atoms with Gasteiger partial charge in [-0.2, -0.15) is 0 Å². The van der Waals surface area contributed by atoms with Crippen molar-refractivity contribution in [3.8, 4) is 0 Å². The molecule has 1 amide bonds. The Morgan fingerprint density at radius 1 is 1.24 bits per heavy atom. The van der Waals surface area contributed by atoms with Gasteiger partial charge < -0.3 is 10.3 Å². The standard InChI is InChI=1S/C17H23N3O/c1-17(2,13-6-4-3-5-7-13)16(21)20-14-9-8-12-10-11-18-15(12)19-14/h8-11,13H,3-7H2,1-2H3,(H2,18,19,20,21). The summed E-state index contributed by atoms with van der Waals surface area (Å²) >= 11 is 0. The molecular formula is C17H23N3O. The number of carbonyl (C=O) groups excluding carboxylic acids is 1. The molecule has 0 unspecified atom stereocenters. The van der Waals surface area contributed by atoms with Gasteiger partial charge in [0.1, 0.15) is 11.5 Å². The number of aromatic nitrogens is 2. The molecule has 1 aliphatic rings. The third-order valence-corrected chi connectivity index (χ3v) is 4.86. The Kier molecular flexibility index (Phi) is 3.70. The summed E-state index contributed by atoms with van der Waals surface area (Å²) in [5, 5.41) is 4.05. The maximum Gasteiger partial charge on any atom is 0.231 e. The first-order valence-corrected chi connectivity index (χ1v) is 7.83. The van der Waals surface area contributed by atoms with E-state index in [9.17, 15) is 4.79 Å². The van der Waals surface area contributed by atoms with Crippen LogP contribution in [0.15, 0.2) is 24.4 Å². The molecule has 1 fully saturated rings. The van der Waals surface area contributed by atoms with Gasteiger partial charge in [-0.15, -0.1) is 0 Å². The third-order valence-electron chi connectivity index (χ3n) is 4.86. The summed E-state index contributed by atoms with van der Waals surface area (Å²) in [6.45, 7) is 4.12. The Morgan fingerprint density at radius 3 is 2.76 bits per heavy atom. The fourth-order valence-corrected chi connectivity index (χ4v) is 3.29. The summed E-state index contributed by atoms with van der Waals surface area (Å²) in [7, 11) is 0. The summed E-state index contributed by atoms with van der Waals surface area (Å²) in [6.07, 6.45) is 7.96. The first-order chi connectivity index (χ1) is 10.1. The minimum absolute atomic E-state index is 0.0767. The molecule has 0 aromatic carbocycles. The van der Waals surface area contributed by atoms with Crippen molar-refractivity contribution >= 4 is 22.8 Å². The van der Waals surface area contributed by atoms with E-state index in [2.05, 4.69) is 29.1 Å². The Balaban J connectivity index is 1.74. The number of fused-ring (bicyclic) bond motifs is 1. The van der Waals surface area contributed by atoms with E-state index in [0.29, 0.717) is 11.7 Å². The van der Waals surface area contributed by atoms with Gasteiger partial charge >= 0.3 is 0 Å². The molecule has 21 heavy (non-hydrogen) atoms. The Bertz CT molecular complexity index is 638. The molecule has 0 bridgehead atoms. The lowest BCUT2D eigenvalue weighted by Gasteiger charge is -2.35. The fourth-order valence-electron chi connectivity index (χ4n) is 3.29. The molecule has 1 aliphatic carbocycles. The van der Waals surface area contributed by atoms with Crippen LogP contribution in [0.3, 0.4) is 0 Å². The smallest absolute Gasteiger partial charge is 0.231 e. The van der Waals surface area contributed by atoms with E-state index >= 15 is 0 Å². The van der Waals surface area contributed by atoms with Gasteiger partial charge in [0.05, 0.1) is 0 Å². The quantitative estimate of drug-likeness (QED) is 0.891. The van der Waals surface area contributed by atoms with Crippen LogP contribution in [0, 0.1) is 11.3 Å². The Labute approximate surface area is 125 Å². The van der Waals surface area contributed by atoms with Crippen molar-refractivity contribution in [1.82, 2.24) is 9.97 Å². The van der Waals surface area contributed by atoms with E-state index in [4.69, 9.17) is 0 Å². The Hall–Kier alpha value is -1.84. The van der Waals surface area contributed by atoms with E-state index in [1.807, 2.05) is 24.4 Å². The first kappa shape index (κ1) is 14.1. The second kappa shape index (κ2) is 5.51. The van der Waals surface area contributed by atoms with Crippen LogP contribution in [0.4, 0.5) is 5.82 Å². The zero-order chi connectivity index (χ0) is 14.9. The van der Waals surface area contributed by atoms with Gasteiger partial charge in [0.2, 0.25) is 5.91 Å². The van der Waals surface area contributed by atoms with Crippen molar-refractivity contribution in [3.63, 3.8) is 0 Å². The highest BCUT2D eigenvalue weighted by Gasteiger charge is 2.37.